The van der Waals surface area contributed by atoms with Crippen LogP contribution in [0, 0.1) is 0 Å². The maximum absolute atomic E-state index is 12.4. The fourth-order valence-corrected chi connectivity index (χ4v) is 5.20. The molecule has 2 aromatic rings. The van der Waals surface area contributed by atoms with Crippen molar-refractivity contribution in [3.63, 3.8) is 0 Å². The summed E-state index contributed by atoms with van der Waals surface area (Å²) >= 11 is 4.73. The number of nitrogen functional groups attached to an aromatic ring is 1. The van der Waals surface area contributed by atoms with Crippen LogP contribution in [0.25, 0.3) is 0 Å². The largest absolute Gasteiger partial charge is 0.495 e. The second kappa shape index (κ2) is 5.52. The van der Waals surface area contributed by atoms with E-state index in [1.807, 2.05) is 11.4 Å². The third-order valence-electron chi connectivity index (χ3n) is 2.53. The molecule has 0 aliphatic heterocycles. The molecular formula is C12H12BrNO3S2. The Morgan fingerprint density at radius 1 is 1.37 bits per heavy atom. The van der Waals surface area contributed by atoms with Crippen molar-refractivity contribution in [2.24, 2.45) is 0 Å². The minimum absolute atomic E-state index is 0.0640. The smallest absolute Gasteiger partial charge is 0.187 e. The number of sulfone groups is 1. The quantitative estimate of drug-likeness (QED) is 0.849. The molecule has 0 radical (unpaired) electrons. The van der Waals surface area contributed by atoms with Crippen LogP contribution in [0.3, 0.4) is 0 Å². The molecule has 0 bridgehead atoms. The first-order valence-electron chi connectivity index (χ1n) is 5.32. The monoisotopic (exact) mass is 361 g/mol. The van der Waals surface area contributed by atoms with Gasteiger partial charge in [0, 0.05) is 21.1 Å². The van der Waals surface area contributed by atoms with Gasteiger partial charge in [0.2, 0.25) is 0 Å². The summed E-state index contributed by atoms with van der Waals surface area (Å²) in [6.07, 6.45) is 0. The minimum atomic E-state index is -3.47. The third-order valence-corrected chi connectivity index (χ3v) is 6.32. The summed E-state index contributed by atoms with van der Waals surface area (Å²) in [7, 11) is -2.04. The van der Waals surface area contributed by atoms with Gasteiger partial charge in [-0.25, -0.2) is 8.42 Å². The molecule has 0 spiro atoms. The molecule has 0 atom stereocenters. The molecule has 2 N–H and O–H groups in total. The first-order chi connectivity index (χ1) is 8.94. The van der Waals surface area contributed by atoms with Gasteiger partial charge in [0.25, 0.3) is 0 Å². The fraction of sp³-hybridized carbons (Fsp3) is 0.167. The zero-order valence-electron chi connectivity index (χ0n) is 10.1. The Labute approximate surface area is 124 Å². The van der Waals surface area contributed by atoms with E-state index in [0.717, 1.165) is 9.35 Å². The summed E-state index contributed by atoms with van der Waals surface area (Å²) in [6, 6.07) is 6.37. The second-order valence-electron chi connectivity index (χ2n) is 3.86. The molecule has 1 aromatic carbocycles. The van der Waals surface area contributed by atoms with E-state index in [4.69, 9.17) is 10.5 Å². The second-order valence-corrected chi connectivity index (χ2v) is 7.67. The molecule has 0 amide bonds. The number of rotatable bonds is 4. The summed E-state index contributed by atoms with van der Waals surface area (Å²) in [5.41, 5.74) is 6.09. The number of ether oxygens (including phenoxy) is 1. The average molecular weight is 362 g/mol. The van der Waals surface area contributed by atoms with E-state index in [9.17, 15) is 8.42 Å². The Kier molecular flexibility index (Phi) is 4.17. The molecule has 0 aliphatic rings. The Hall–Kier alpha value is -1.05. The number of methoxy groups -OCH3 is 1. The van der Waals surface area contributed by atoms with Crippen LogP contribution < -0.4 is 10.5 Å². The van der Waals surface area contributed by atoms with E-state index >= 15 is 0 Å². The number of benzene rings is 1. The molecule has 2 rings (SSSR count). The van der Waals surface area contributed by atoms with Crippen molar-refractivity contribution in [3.05, 3.63) is 39.0 Å². The van der Waals surface area contributed by atoms with E-state index in [0.29, 0.717) is 5.69 Å². The van der Waals surface area contributed by atoms with Gasteiger partial charge in [-0.2, -0.15) is 0 Å². The van der Waals surface area contributed by atoms with Crippen LogP contribution in [-0.4, -0.2) is 15.5 Å². The van der Waals surface area contributed by atoms with Gasteiger partial charge in [0.05, 0.1) is 12.9 Å². The van der Waals surface area contributed by atoms with Gasteiger partial charge in [-0.05, 0) is 39.5 Å². The standard InChI is InChI=1S/C12H12BrNO3S2/c1-17-10-6-8(14)2-3-12(10)19(15,16)7-11-9(13)4-5-18-11/h2-6H,7,14H2,1H3. The Morgan fingerprint density at radius 3 is 2.68 bits per heavy atom. The number of thiophene rings is 1. The lowest BCUT2D eigenvalue weighted by atomic mass is 10.3. The molecule has 1 aromatic heterocycles. The van der Waals surface area contributed by atoms with E-state index in [2.05, 4.69) is 15.9 Å². The molecule has 1 heterocycles. The first-order valence-corrected chi connectivity index (χ1v) is 8.64. The molecule has 19 heavy (non-hydrogen) atoms. The number of anilines is 1. The summed E-state index contributed by atoms with van der Waals surface area (Å²) in [5, 5.41) is 1.84. The predicted molar refractivity (Wildman–Crippen MR) is 80.3 cm³/mol. The molecule has 102 valence electrons. The molecule has 0 saturated carbocycles. The van der Waals surface area contributed by atoms with E-state index in [1.165, 1.54) is 30.6 Å². The van der Waals surface area contributed by atoms with Gasteiger partial charge in [-0.15, -0.1) is 11.3 Å². The topological polar surface area (TPSA) is 69.4 Å². The van der Waals surface area contributed by atoms with Gasteiger partial charge in [-0.3, -0.25) is 0 Å². The maximum Gasteiger partial charge on any atom is 0.187 e. The van der Waals surface area contributed by atoms with Crippen molar-refractivity contribution in [1.29, 1.82) is 0 Å². The van der Waals surface area contributed by atoms with Gasteiger partial charge >= 0.3 is 0 Å². The lowest BCUT2D eigenvalue weighted by molar-refractivity contribution is 0.403. The molecule has 0 unspecified atom stereocenters. The van der Waals surface area contributed by atoms with Crippen molar-refractivity contribution in [2.45, 2.75) is 10.6 Å². The Morgan fingerprint density at radius 2 is 2.11 bits per heavy atom. The molecule has 0 fully saturated rings. The Bertz CT molecular complexity index is 695. The highest BCUT2D eigenvalue weighted by Crippen LogP contribution is 2.32. The maximum atomic E-state index is 12.4. The lowest BCUT2D eigenvalue weighted by Crippen LogP contribution is -2.06. The summed E-state index contributed by atoms with van der Waals surface area (Å²) in [4.78, 5) is 0.920. The zero-order chi connectivity index (χ0) is 14.0. The van der Waals surface area contributed by atoms with Crippen LogP contribution in [0.5, 0.6) is 5.75 Å². The molecule has 0 saturated heterocycles. The summed E-state index contributed by atoms with van der Waals surface area (Å²) in [5.74, 6) is 0.207. The third kappa shape index (κ3) is 3.10. The number of halogens is 1. The van der Waals surface area contributed by atoms with Crippen molar-refractivity contribution in [3.8, 4) is 5.75 Å². The summed E-state index contributed by atoms with van der Waals surface area (Å²) in [6.45, 7) is 0. The molecule has 7 heteroatoms. The first kappa shape index (κ1) is 14.4. The van der Waals surface area contributed by atoms with Crippen LogP contribution in [0.15, 0.2) is 39.0 Å². The Balaban J connectivity index is 2.43. The summed E-state index contributed by atoms with van der Waals surface area (Å²) < 4.78 is 30.7. The highest BCUT2D eigenvalue weighted by atomic mass is 79.9. The molecular weight excluding hydrogens is 350 g/mol. The number of hydrogen-bond donors (Lipinski definition) is 1. The average Bonchev–Trinajstić information content (AvgIpc) is 2.74. The van der Waals surface area contributed by atoms with Crippen LogP contribution >= 0.6 is 27.3 Å². The SMILES string of the molecule is COc1cc(N)ccc1S(=O)(=O)Cc1sccc1Br. The van der Waals surface area contributed by atoms with Gasteiger partial charge in [-0.1, -0.05) is 0 Å². The minimum Gasteiger partial charge on any atom is -0.495 e. The van der Waals surface area contributed by atoms with Gasteiger partial charge < -0.3 is 10.5 Å². The van der Waals surface area contributed by atoms with Crippen LogP contribution in [0.1, 0.15) is 4.88 Å². The highest BCUT2D eigenvalue weighted by molar-refractivity contribution is 9.10. The fourth-order valence-electron chi connectivity index (χ4n) is 1.62. The van der Waals surface area contributed by atoms with E-state index < -0.39 is 9.84 Å². The predicted octanol–water partition coefficient (Wildman–Crippen LogP) is 3.08. The zero-order valence-corrected chi connectivity index (χ0v) is 13.3. The molecule has 0 aliphatic carbocycles. The van der Waals surface area contributed by atoms with Crippen molar-refractivity contribution < 1.29 is 13.2 Å². The normalized spacial score (nSPS) is 11.5. The molecule has 4 nitrogen and oxygen atoms in total. The van der Waals surface area contributed by atoms with E-state index in [1.54, 1.807) is 6.07 Å². The van der Waals surface area contributed by atoms with E-state index in [-0.39, 0.29) is 16.4 Å². The highest BCUT2D eigenvalue weighted by Gasteiger charge is 2.22. The van der Waals surface area contributed by atoms with Crippen LogP contribution in [-0.2, 0) is 15.6 Å². The van der Waals surface area contributed by atoms with Crippen LogP contribution in [0.2, 0.25) is 0 Å². The van der Waals surface area contributed by atoms with Gasteiger partial charge in [0.1, 0.15) is 10.6 Å². The van der Waals surface area contributed by atoms with Crippen LogP contribution in [0.4, 0.5) is 5.69 Å². The van der Waals surface area contributed by atoms with Crippen molar-refractivity contribution >= 4 is 42.8 Å². The number of hydrogen-bond acceptors (Lipinski definition) is 5. The lowest BCUT2D eigenvalue weighted by Gasteiger charge is -2.10. The van der Waals surface area contributed by atoms with Crippen molar-refractivity contribution in [2.75, 3.05) is 12.8 Å². The van der Waals surface area contributed by atoms with Crippen molar-refractivity contribution in [1.82, 2.24) is 0 Å². The van der Waals surface area contributed by atoms with Gasteiger partial charge in [0.15, 0.2) is 9.84 Å². The number of nitrogens with two attached hydrogens (primary N) is 1.